The summed E-state index contributed by atoms with van der Waals surface area (Å²) in [5, 5.41) is 12.6. The van der Waals surface area contributed by atoms with E-state index in [1.807, 2.05) is 30.7 Å². The summed E-state index contributed by atoms with van der Waals surface area (Å²) in [5.41, 5.74) is 7.86. The molecule has 0 bridgehead atoms. The Balaban J connectivity index is 2.18. The van der Waals surface area contributed by atoms with Gasteiger partial charge in [0.15, 0.2) is 0 Å². The molecule has 0 aliphatic rings. The van der Waals surface area contributed by atoms with Crippen molar-refractivity contribution in [1.29, 1.82) is 5.41 Å². The van der Waals surface area contributed by atoms with Gasteiger partial charge < -0.3 is 10.5 Å². The van der Waals surface area contributed by atoms with Gasteiger partial charge in [0.1, 0.15) is 18.2 Å². The van der Waals surface area contributed by atoms with Gasteiger partial charge in [-0.25, -0.2) is 0 Å². The predicted molar refractivity (Wildman–Crippen MR) is 84.1 cm³/mol. The second-order valence-electron chi connectivity index (χ2n) is 4.61. The third-order valence-corrected chi connectivity index (χ3v) is 3.65. The van der Waals surface area contributed by atoms with Crippen LogP contribution in [0.5, 0.6) is 5.75 Å². The SMILES string of the molecule is CCc1nn(CC)c(COc2cccc(C(=N)N)c2)c1Cl. The van der Waals surface area contributed by atoms with Crippen LogP contribution < -0.4 is 10.5 Å². The zero-order valence-electron chi connectivity index (χ0n) is 12.2. The summed E-state index contributed by atoms with van der Waals surface area (Å²) in [6.45, 7) is 5.12. The van der Waals surface area contributed by atoms with Crippen LogP contribution >= 0.6 is 11.6 Å². The van der Waals surface area contributed by atoms with Crippen molar-refractivity contribution in [3.63, 3.8) is 0 Å². The van der Waals surface area contributed by atoms with Crippen molar-refractivity contribution >= 4 is 17.4 Å². The first kappa shape index (κ1) is 15.4. The molecule has 2 aromatic rings. The zero-order valence-corrected chi connectivity index (χ0v) is 12.9. The lowest BCUT2D eigenvalue weighted by atomic mass is 10.2. The summed E-state index contributed by atoms with van der Waals surface area (Å²) in [7, 11) is 0. The fourth-order valence-electron chi connectivity index (χ4n) is 2.06. The van der Waals surface area contributed by atoms with Crippen molar-refractivity contribution < 1.29 is 4.74 Å². The number of aromatic nitrogens is 2. The molecule has 0 saturated carbocycles. The minimum Gasteiger partial charge on any atom is -0.487 e. The first-order valence-electron chi connectivity index (χ1n) is 6.88. The molecule has 1 heterocycles. The van der Waals surface area contributed by atoms with Gasteiger partial charge in [0.2, 0.25) is 0 Å². The monoisotopic (exact) mass is 306 g/mol. The standard InChI is InChI=1S/C15H19ClN4O/c1-3-12-14(16)13(20(4-2)19-12)9-21-11-7-5-6-10(8-11)15(17)18/h5-8H,3-4,9H2,1-2H3,(H3,17,18). The fourth-order valence-corrected chi connectivity index (χ4v) is 2.38. The van der Waals surface area contributed by atoms with E-state index in [0.29, 0.717) is 22.9 Å². The molecule has 112 valence electrons. The highest BCUT2D eigenvalue weighted by Crippen LogP contribution is 2.23. The number of nitrogens with two attached hydrogens (primary N) is 1. The topological polar surface area (TPSA) is 76.9 Å². The molecule has 0 fully saturated rings. The average Bonchev–Trinajstić information content (AvgIpc) is 2.81. The van der Waals surface area contributed by atoms with Crippen LogP contribution in [0.15, 0.2) is 24.3 Å². The number of hydrogen-bond donors (Lipinski definition) is 2. The molecule has 6 heteroatoms. The maximum atomic E-state index is 7.44. The quantitative estimate of drug-likeness (QED) is 0.636. The second-order valence-corrected chi connectivity index (χ2v) is 4.98. The summed E-state index contributed by atoms with van der Waals surface area (Å²) < 4.78 is 7.62. The van der Waals surface area contributed by atoms with Crippen LogP contribution in [0.3, 0.4) is 0 Å². The van der Waals surface area contributed by atoms with Gasteiger partial charge >= 0.3 is 0 Å². The molecule has 3 N–H and O–H groups in total. The molecule has 0 atom stereocenters. The zero-order chi connectivity index (χ0) is 15.4. The number of benzene rings is 1. The molecule has 0 radical (unpaired) electrons. The van der Waals surface area contributed by atoms with E-state index in [-0.39, 0.29) is 5.84 Å². The van der Waals surface area contributed by atoms with E-state index in [9.17, 15) is 0 Å². The molecule has 1 aromatic carbocycles. The Morgan fingerprint density at radius 2 is 2.19 bits per heavy atom. The summed E-state index contributed by atoms with van der Waals surface area (Å²) in [4.78, 5) is 0. The molecule has 0 saturated heterocycles. The van der Waals surface area contributed by atoms with Crippen LogP contribution in [0.1, 0.15) is 30.8 Å². The molecule has 0 amide bonds. The number of hydrogen-bond acceptors (Lipinski definition) is 3. The number of ether oxygens (including phenoxy) is 1. The lowest BCUT2D eigenvalue weighted by molar-refractivity contribution is 0.292. The van der Waals surface area contributed by atoms with Crippen LogP contribution in [0, 0.1) is 5.41 Å². The maximum absolute atomic E-state index is 7.44. The van der Waals surface area contributed by atoms with Crippen molar-refractivity contribution in [1.82, 2.24) is 9.78 Å². The number of halogens is 1. The normalized spacial score (nSPS) is 10.6. The molecular formula is C15H19ClN4O. The van der Waals surface area contributed by atoms with Crippen molar-refractivity contribution in [2.24, 2.45) is 5.73 Å². The number of rotatable bonds is 6. The third-order valence-electron chi connectivity index (χ3n) is 3.21. The summed E-state index contributed by atoms with van der Waals surface area (Å²) in [5.74, 6) is 0.672. The fraction of sp³-hybridized carbons (Fsp3) is 0.333. The molecule has 5 nitrogen and oxygen atoms in total. The third kappa shape index (κ3) is 3.36. The summed E-state index contributed by atoms with van der Waals surface area (Å²) in [6, 6.07) is 7.15. The van der Waals surface area contributed by atoms with E-state index in [0.717, 1.165) is 24.4 Å². The van der Waals surface area contributed by atoms with Gasteiger partial charge in [-0.15, -0.1) is 0 Å². The van der Waals surface area contributed by atoms with E-state index in [1.54, 1.807) is 12.1 Å². The van der Waals surface area contributed by atoms with E-state index < -0.39 is 0 Å². The van der Waals surface area contributed by atoms with Crippen LogP contribution in [-0.2, 0) is 19.6 Å². The number of amidine groups is 1. The Morgan fingerprint density at radius 3 is 2.81 bits per heavy atom. The highest BCUT2D eigenvalue weighted by Gasteiger charge is 2.14. The molecule has 0 aliphatic carbocycles. The van der Waals surface area contributed by atoms with E-state index in [4.69, 9.17) is 27.5 Å². The smallest absolute Gasteiger partial charge is 0.131 e. The molecule has 1 aromatic heterocycles. The molecule has 2 rings (SSSR count). The maximum Gasteiger partial charge on any atom is 0.131 e. The minimum atomic E-state index is 0.0188. The van der Waals surface area contributed by atoms with Gasteiger partial charge in [-0.1, -0.05) is 30.7 Å². The first-order chi connectivity index (χ1) is 10.1. The Labute approximate surface area is 129 Å². The number of nitrogens with zero attached hydrogens (tertiary/aromatic N) is 2. The van der Waals surface area contributed by atoms with Crippen LogP contribution in [0.25, 0.3) is 0 Å². The van der Waals surface area contributed by atoms with Gasteiger partial charge in [0.25, 0.3) is 0 Å². The highest BCUT2D eigenvalue weighted by atomic mass is 35.5. The number of nitrogen functional groups attached to an aromatic ring is 1. The van der Waals surface area contributed by atoms with E-state index in [2.05, 4.69) is 5.10 Å². The Bertz CT molecular complexity index is 651. The van der Waals surface area contributed by atoms with Crippen molar-refractivity contribution in [2.75, 3.05) is 0 Å². The summed E-state index contributed by atoms with van der Waals surface area (Å²) in [6.07, 6.45) is 0.790. The highest BCUT2D eigenvalue weighted by molar-refractivity contribution is 6.31. The number of nitrogens with one attached hydrogen (secondary N) is 1. The van der Waals surface area contributed by atoms with Crippen LogP contribution in [0.4, 0.5) is 0 Å². The first-order valence-corrected chi connectivity index (χ1v) is 7.25. The van der Waals surface area contributed by atoms with Gasteiger partial charge in [-0.05, 0) is 25.5 Å². The van der Waals surface area contributed by atoms with Gasteiger partial charge in [-0.3, -0.25) is 10.1 Å². The second kappa shape index (κ2) is 6.63. The molecule has 0 unspecified atom stereocenters. The minimum absolute atomic E-state index is 0.0188. The van der Waals surface area contributed by atoms with Gasteiger partial charge in [0.05, 0.1) is 16.4 Å². The Hall–Kier alpha value is -2.01. The van der Waals surface area contributed by atoms with Gasteiger partial charge in [0, 0.05) is 12.1 Å². The lowest BCUT2D eigenvalue weighted by Crippen LogP contribution is -2.11. The lowest BCUT2D eigenvalue weighted by Gasteiger charge is -2.09. The molecule has 0 spiro atoms. The number of aryl methyl sites for hydroxylation is 2. The molecule has 0 aliphatic heterocycles. The van der Waals surface area contributed by atoms with Crippen molar-refractivity contribution in [3.05, 3.63) is 46.2 Å². The van der Waals surface area contributed by atoms with E-state index in [1.165, 1.54) is 0 Å². The Kier molecular flexibility index (Phi) is 4.85. The van der Waals surface area contributed by atoms with Gasteiger partial charge in [-0.2, -0.15) is 5.10 Å². The van der Waals surface area contributed by atoms with Crippen LogP contribution in [-0.4, -0.2) is 15.6 Å². The molecular weight excluding hydrogens is 288 g/mol. The van der Waals surface area contributed by atoms with Crippen molar-refractivity contribution in [3.8, 4) is 5.75 Å². The predicted octanol–water partition coefficient (Wildman–Crippen LogP) is 2.98. The largest absolute Gasteiger partial charge is 0.487 e. The average molecular weight is 307 g/mol. The van der Waals surface area contributed by atoms with Crippen LogP contribution in [0.2, 0.25) is 5.02 Å². The molecule has 21 heavy (non-hydrogen) atoms. The Morgan fingerprint density at radius 1 is 1.43 bits per heavy atom. The summed E-state index contributed by atoms with van der Waals surface area (Å²) >= 11 is 6.34. The van der Waals surface area contributed by atoms with E-state index >= 15 is 0 Å². The van der Waals surface area contributed by atoms with Crippen molar-refractivity contribution in [2.45, 2.75) is 33.4 Å².